The first-order valence-electron chi connectivity index (χ1n) is 12.5. The zero-order valence-electron chi connectivity index (χ0n) is 18.3. The first-order valence-corrected chi connectivity index (χ1v) is 12.5. The van der Waals surface area contributed by atoms with Crippen molar-refractivity contribution in [2.75, 3.05) is 0 Å². The van der Waals surface area contributed by atoms with Crippen LogP contribution in [0, 0.1) is 29.5 Å². The molecule has 5 atom stereocenters. The maximum absolute atomic E-state index is 15.0. The summed E-state index contributed by atoms with van der Waals surface area (Å²) in [5.41, 5.74) is 3.73. The summed E-state index contributed by atoms with van der Waals surface area (Å²) in [5, 5.41) is 0. The molecule has 0 radical (unpaired) electrons. The lowest BCUT2D eigenvalue weighted by Gasteiger charge is -2.42. The Morgan fingerprint density at radius 3 is 2.50 bits per heavy atom. The van der Waals surface area contributed by atoms with Crippen LogP contribution in [0.2, 0.25) is 0 Å². The van der Waals surface area contributed by atoms with Crippen molar-refractivity contribution in [1.29, 1.82) is 0 Å². The number of rotatable bonds is 6. The second-order valence-electron chi connectivity index (χ2n) is 10.4. The molecule has 2 fully saturated rings. The molecule has 0 heterocycles. The third-order valence-corrected chi connectivity index (χ3v) is 8.48. The molecule has 0 bridgehead atoms. The Hall–Kier alpha value is -0.850. The van der Waals surface area contributed by atoms with Crippen LogP contribution in [0.15, 0.2) is 12.1 Å². The highest BCUT2D eigenvalue weighted by Gasteiger charge is 2.36. The summed E-state index contributed by atoms with van der Waals surface area (Å²) in [7, 11) is 0. The van der Waals surface area contributed by atoms with E-state index in [1.54, 1.807) is 0 Å². The van der Waals surface area contributed by atoms with Gasteiger partial charge in [-0.15, -0.1) is 0 Å². The molecule has 2 saturated carbocycles. The summed E-state index contributed by atoms with van der Waals surface area (Å²) < 4.78 is 15.0. The van der Waals surface area contributed by atoms with E-state index in [1.165, 1.54) is 88.2 Å². The SMILES string of the molecule is CCCCC1CCC2CC(c3cc(F)c4c(c3)CCC(CCC)C4)CCC2C1. The lowest BCUT2D eigenvalue weighted by atomic mass is 9.63. The number of unbranched alkanes of at least 4 members (excludes halogenated alkanes) is 1. The van der Waals surface area contributed by atoms with Crippen molar-refractivity contribution >= 4 is 0 Å². The molecule has 3 aliphatic carbocycles. The van der Waals surface area contributed by atoms with E-state index < -0.39 is 0 Å². The van der Waals surface area contributed by atoms with Gasteiger partial charge in [-0.3, -0.25) is 0 Å². The van der Waals surface area contributed by atoms with Crippen LogP contribution in [0.25, 0.3) is 0 Å². The molecule has 0 aliphatic heterocycles. The zero-order chi connectivity index (χ0) is 19.5. The molecule has 3 aliphatic rings. The Morgan fingerprint density at radius 1 is 0.857 bits per heavy atom. The molecule has 0 N–H and O–H groups in total. The molecule has 1 aromatic carbocycles. The molecule has 1 heteroatoms. The Balaban J connectivity index is 1.41. The van der Waals surface area contributed by atoms with Gasteiger partial charge in [-0.05, 0) is 104 Å². The van der Waals surface area contributed by atoms with E-state index in [0.29, 0.717) is 11.8 Å². The first kappa shape index (κ1) is 20.4. The van der Waals surface area contributed by atoms with Crippen molar-refractivity contribution in [3.63, 3.8) is 0 Å². The first-order chi connectivity index (χ1) is 13.7. The van der Waals surface area contributed by atoms with Crippen molar-refractivity contribution in [2.45, 2.75) is 110 Å². The van der Waals surface area contributed by atoms with Crippen LogP contribution in [-0.4, -0.2) is 0 Å². The minimum atomic E-state index is 0.110. The number of halogens is 1. The van der Waals surface area contributed by atoms with Crippen molar-refractivity contribution in [2.24, 2.45) is 23.7 Å². The van der Waals surface area contributed by atoms with E-state index in [2.05, 4.69) is 19.9 Å². The summed E-state index contributed by atoms with van der Waals surface area (Å²) in [6, 6.07) is 4.35. The fourth-order valence-corrected chi connectivity index (χ4v) is 6.85. The average molecular weight is 385 g/mol. The molecule has 4 rings (SSSR count). The van der Waals surface area contributed by atoms with Crippen LogP contribution in [0.3, 0.4) is 0 Å². The van der Waals surface area contributed by atoms with Gasteiger partial charge in [0.2, 0.25) is 0 Å². The highest BCUT2D eigenvalue weighted by molar-refractivity contribution is 5.37. The van der Waals surface area contributed by atoms with E-state index >= 15 is 4.39 Å². The van der Waals surface area contributed by atoms with Gasteiger partial charge in [0.25, 0.3) is 0 Å². The van der Waals surface area contributed by atoms with Crippen molar-refractivity contribution < 1.29 is 4.39 Å². The molecule has 0 aromatic heterocycles. The van der Waals surface area contributed by atoms with Crippen molar-refractivity contribution in [3.8, 4) is 0 Å². The summed E-state index contributed by atoms with van der Waals surface area (Å²) in [6.07, 6.45) is 18.4. The van der Waals surface area contributed by atoms with Gasteiger partial charge in [-0.25, -0.2) is 4.39 Å². The largest absolute Gasteiger partial charge is 0.207 e. The standard InChI is InChI=1S/C27H41F/c1-3-5-7-20-8-10-22-16-23(13-12-21(22)14-20)25-17-24-11-9-19(6-4-2)15-26(24)27(28)18-25/h17-23H,3-16H2,1-2H3. The summed E-state index contributed by atoms with van der Waals surface area (Å²) in [5.74, 6) is 4.29. The predicted molar refractivity (Wildman–Crippen MR) is 117 cm³/mol. The van der Waals surface area contributed by atoms with Crippen LogP contribution in [0.4, 0.5) is 4.39 Å². The number of hydrogen-bond acceptors (Lipinski definition) is 0. The summed E-state index contributed by atoms with van der Waals surface area (Å²) >= 11 is 0. The molecular formula is C27H41F. The Morgan fingerprint density at radius 2 is 1.68 bits per heavy atom. The zero-order valence-corrected chi connectivity index (χ0v) is 18.3. The van der Waals surface area contributed by atoms with E-state index in [0.717, 1.165) is 36.2 Å². The molecule has 28 heavy (non-hydrogen) atoms. The van der Waals surface area contributed by atoms with E-state index in [4.69, 9.17) is 0 Å². The van der Waals surface area contributed by atoms with Crippen molar-refractivity contribution in [1.82, 2.24) is 0 Å². The Kier molecular flexibility index (Phi) is 6.79. The van der Waals surface area contributed by atoms with Gasteiger partial charge in [0, 0.05) is 0 Å². The highest BCUT2D eigenvalue weighted by Crippen LogP contribution is 2.49. The second-order valence-corrected chi connectivity index (χ2v) is 10.4. The van der Waals surface area contributed by atoms with Crippen LogP contribution in [0.1, 0.15) is 114 Å². The quantitative estimate of drug-likeness (QED) is 0.463. The van der Waals surface area contributed by atoms with Gasteiger partial charge in [0.15, 0.2) is 0 Å². The highest BCUT2D eigenvalue weighted by atomic mass is 19.1. The molecule has 1 aromatic rings. The van der Waals surface area contributed by atoms with Crippen molar-refractivity contribution in [3.05, 3.63) is 34.6 Å². The molecule has 0 spiro atoms. The molecular weight excluding hydrogens is 343 g/mol. The van der Waals surface area contributed by atoms with Crippen LogP contribution in [0.5, 0.6) is 0 Å². The maximum atomic E-state index is 15.0. The molecule has 0 amide bonds. The number of benzene rings is 1. The predicted octanol–water partition coefficient (Wildman–Crippen LogP) is 8.22. The van der Waals surface area contributed by atoms with Crippen LogP contribution < -0.4 is 0 Å². The van der Waals surface area contributed by atoms with Gasteiger partial charge >= 0.3 is 0 Å². The van der Waals surface area contributed by atoms with Crippen LogP contribution >= 0.6 is 0 Å². The lowest BCUT2D eigenvalue weighted by molar-refractivity contribution is 0.113. The number of aryl methyl sites for hydroxylation is 1. The van der Waals surface area contributed by atoms with E-state index in [9.17, 15) is 0 Å². The third-order valence-electron chi connectivity index (χ3n) is 8.48. The monoisotopic (exact) mass is 384 g/mol. The summed E-state index contributed by atoms with van der Waals surface area (Å²) in [4.78, 5) is 0. The summed E-state index contributed by atoms with van der Waals surface area (Å²) in [6.45, 7) is 4.57. The lowest BCUT2D eigenvalue weighted by Crippen LogP contribution is -2.30. The number of fused-ring (bicyclic) bond motifs is 2. The smallest absolute Gasteiger partial charge is 0.126 e. The second kappa shape index (κ2) is 9.31. The van der Waals surface area contributed by atoms with Gasteiger partial charge in [-0.2, -0.15) is 0 Å². The Bertz CT molecular complexity index is 648. The van der Waals surface area contributed by atoms with Gasteiger partial charge in [0.05, 0.1) is 0 Å². The third kappa shape index (κ3) is 4.49. The van der Waals surface area contributed by atoms with Crippen LogP contribution in [-0.2, 0) is 12.8 Å². The Labute approximate surface area is 172 Å². The molecule has 5 unspecified atom stereocenters. The molecule has 156 valence electrons. The van der Waals surface area contributed by atoms with Gasteiger partial charge in [-0.1, -0.05) is 58.4 Å². The number of hydrogen-bond donors (Lipinski definition) is 0. The minimum Gasteiger partial charge on any atom is -0.207 e. The fourth-order valence-electron chi connectivity index (χ4n) is 6.85. The average Bonchev–Trinajstić information content (AvgIpc) is 2.72. The normalized spacial score (nSPS) is 32.6. The topological polar surface area (TPSA) is 0 Å². The van der Waals surface area contributed by atoms with E-state index in [-0.39, 0.29) is 5.82 Å². The van der Waals surface area contributed by atoms with Gasteiger partial charge < -0.3 is 0 Å². The van der Waals surface area contributed by atoms with Gasteiger partial charge in [0.1, 0.15) is 5.82 Å². The van der Waals surface area contributed by atoms with E-state index in [1.807, 2.05) is 6.07 Å². The minimum absolute atomic E-state index is 0.110. The maximum Gasteiger partial charge on any atom is 0.126 e. The molecule has 0 saturated heterocycles. The fraction of sp³-hybridized carbons (Fsp3) is 0.778. The molecule has 0 nitrogen and oxygen atoms in total.